The van der Waals surface area contributed by atoms with E-state index in [-0.39, 0.29) is 11.7 Å². The quantitative estimate of drug-likeness (QED) is 0.0616. The standard InChI is InChI=1S/C46H42N2O6.C9H8O2/c49-41-23-21-39(29-43(41)52-31-36-15-7-2-8-16-36)27-40-45(50)48(46(47-40)54-33-38-19-11-4-12-20-38)26-25-34-22-24-42(51-30-35-13-5-1-6-14-35)44(28-34)53-32-37-17-9-3-10-18-37;10-6-7-11-8-9-4-2-1-3-5-9/h1-24,28-29,40,49H,25-27,30-33H2;1-5,7H,8H2/p+1. The summed E-state index contributed by atoms with van der Waals surface area (Å²) in [4.78, 5) is 28.8. The van der Waals surface area contributed by atoms with Crippen molar-refractivity contribution in [2.24, 2.45) is 0 Å². The van der Waals surface area contributed by atoms with E-state index in [1.54, 1.807) is 23.0 Å². The molecule has 0 fully saturated rings. The second-order valence-electron chi connectivity index (χ2n) is 15.2. The summed E-state index contributed by atoms with van der Waals surface area (Å²) >= 11 is 0. The maximum absolute atomic E-state index is 14.1. The smallest absolute Gasteiger partial charge is 0.452 e. The number of hydrogen-bond acceptors (Lipinski definition) is 8. The highest BCUT2D eigenvalue weighted by molar-refractivity contribution is 5.97. The molecule has 0 bridgehead atoms. The zero-order valence-corrected chi connectivity index (χ0v) is 36.0. The van der Waals surface area contributed by atoms with Crippen LogP contribution in [0.1, 0.15) is 38.9 Å². The van der Waals surface area contributed by atoms with Gasteiger partial charge in [0.1, 0.15) is 39.6 Å². The van der Waals surface area contributed by atoms with Crippen LogP contribution in [-0.4, -0.2) is 40.5 Å². The van der Waals surface area contributed by atoms with Gasteiger partial charge in [-0.05, 0) is 63.2 Å². The van der Waals surface area contributed by atoms with E-state index in [4.69, 9.17) is 23.7 Å². The number of nitrogens with zero attached hydrogens (tertiary/aromatic N) is 1. The highest BCUT2D eigenvalue weighted by atomic mass is 16.5. The first kappa shape index (κ1) is 45.0. The van der Waals surface area contributed by atoms with E-state index >= 15 is 0 Å². The molecule has 1 aliphatic rings. The van der Waals surface area contributed by atoms with Crippen molar-refractivity contribution in [3.8, 4) is 23.0 Å². The number of phenols is 1. The van der Waals surface area contributed by atoms with Crippen LogP contribution in [-0.2, 0) is 64.9 Å². The second kappa shape index (κ2) is 24.0. The van der Waals surface area contributed by atoms with Crippen LogP contribution in [0.25, 0.3) is 0 Å². The highest BCUT2D eigenvalue weighted by Crippen LogP contribution is 2.31. The number of nitrogens with one attached hydrogen (secondary N) is 1. The van der Waals surface area contributed by atoms with Crippen molar-refractivity contribution in [1.29, 1.82) is 0 Å². The molecule has 0 aliphatic carbocycles. The summed E-state index contributed by atoms with van der Waals surface area (Å²) in [6.45, 7) is 2.24. The molecule has 328 valence electrons. The van der Waals surface area contributed by atoms with Crippen LogP contribution in [0.15, 0.2) is 194 Å². The number of hydrogen-bond donors (Lipinski definition) is 2. The monoisotopic (exact) mass is 867 g/mol. The van der Waals surface area contributed by atoms with Gasteiger partial charge in [0, 0.05) is 12.8 Å². The summed E-state index contributed by atoms with van der Waals surface area (Å²) < 4.78 is 29.6. The Bertz CT molecular complexity index is 2620. The van der Waals surface area contributed by atoms with E-state index in [1.807, 2.05) is 176 Å². The number of amides is 1. The van der Waals surface area contributed by atoms with Gasteiger partial charge < -0.3 is 28.8 Å². The molecule has 0 aromatic heterocycles. The third kappa shape index (κ3) is 14.0. The molecule has 1 unspecified atom stereocenters. The summed E-state index contributed by atoms with van der Waals surface area (Å²) in [6, 6.07) is 60.3. The Kier molecular flexibility index (Phi) is 16.6. The van der Waals surface area contributed by atoms with E-state index in [9.17, 15) is 14.7 Å². The molecular weight excluding hydrogens is 817 g/mol. The van der Waals surface area contributed by atoms with E-state index in [0.29, 0.717) is 75.7 Å². The van der Waals surface area contributed by atoms with Crippen molar-refractivity contribution in [3.05, 3.63) is 233 Å². The summed E-state index contributed by atoms with van der Waals surface area (Å²) in [7, 11) is 0. The molecule has 1 heterocycles. The average molecular weight is 868 g/mol. The van der Waals surface area contributed by atoms with Gasteiger partial charge >= 0.3 is 11.9 Å². The van der Waals surface area contributed by atoms with Crippen molar-refractivity contribution >= 4 is 17.9 Å². The molecule has 0 saturated carbocycles. The molecular formula is C55H51N2O8+. The van der Waals surface area contributed by atoms with Crippen molar-refractivity contribution in [2.45, 2.75) is 51.9 Å². The van der Waals surface area contributed by atoms with Gasteiger partial charge in [0.15, 0.2) is 35.2 Å². The number of benzene rings is 7. The van der Waals surface area contributed by atoms with Gasteiger partial charge in [-0.2, -0.15) is 4.90 Å². The summed E-state index contributed by atoms with van der Waals surface area (Å²) in [6.07, 6.45) is 1.95. The lowest BCUT2D eigenvalue weighted by molar-refractivity contribution is -0.490. The van der Waals surface area contributed by atoms with Crippen molar-refractivity contribution in [1.82, 2.24) is 4.90 Å². The van der Waals surface area contributed by atoms with Crippen molar-refractivity contribution in [2.75, 3.05) is 6.54 Å². The lowest BCUT2D eigenvalue weighted by Gasteiger charge is -2.16. The Morgan fingerprint density at radius 1 is 0.508 bits per heavy atom. The zero-order chi connectivity index (χ0) is 44.9. The van der Waals surface area contributed by atoms with Crippen LogP contribution in [0.2, 0.25) is 0 Å². The fourth-order valence-corrected chi connectivity index (χ4v) is 6.94. The molecule has 65 heavy (non-hydrogen) atoms. The molecule has 10 heteroatoms. The molecule has 0 spiro atoms. The molecule has 1 atom stereocenters. The number of carbonyl (C=O) groups is 1. The van der Waals surface area contributed by atoms with Gasteiger partial charge in [-0.15, -0.1) is 0 Å². The van der Waals surface area contributed by atoms with Crippen LogP contribution in [0, 0.1) is 0 Å². The summed E-state index contributed by atoms with van der Waals surface area (Å²) in [5.41, 5.74) is 6.97. The molecule has 10 nitrogen and oxygen atoms in total. The molecule has 0 radical (unpaired) electrons. The van der Waals surface area contributed by atoms with Crippen LogP contribution in [0.3, 0.4) is 0 Å². The number of aromatic hydroxyl groups is 1. The summed E-state index contributed by atoms with van der Waals surface area (Å²) in [5.74, 6) is 3.14. The first-order chi connectivity index (χ1) is 32.0. The van der Waals surface area contributed by atoms with Crippen molar-refractivity contribution in [3.63, 3.8) is 0 Å². The molecule has 7 aromatic rings. The molecule has 0 saturated heterocycles. The summed E-state index contributed by atoms with van der Waals surface area (Å²) in [5, 5.41) is 10.5. The minimum absolute atomic E-state index is 0.0454. The molecule has 1 aliphatic heterocycles. The van der Waals surface area contributed by atoms with Crippen molar-refractivity contribution < 1.29 is 43.4 Å². The predicted molar refractivity (Wildman–Crippen MR) is 248 cm³/mol. The van der Waals surface area contributed by atoms with Crippen LogP contribution in [0.5, 0.6) is 23.0 Å². The molecule has 2 N–H and O–H groups in total. The third-order valence-electron chi connectivity index (χ3n) is 10.4. The number of amidine groups is 1. The Balaban J connectivity index is 0.000000502. The first-order valence-corrected chi connectivity index (χ1v) is 21.4. The third-order valence-corrected chi connectivity index (χ3v) is 10.4. The Hall–Kier alpha value is -8.07. The number of phenolic OH excluding ortho intramolecular Hbond substituents is 1. The maximum Gasteiger partial charge on any atom is 0.452 e. The van der Waals surface area contributed by atoms with Gasteiger partial charge in [0.05, 0.1) is 0 Å². The van der Waals surface area contributed by atoms with Gasteiger partial charge in [-0.1, -0.05) is 164 Å². The van der Waals surface area contributed by atoms with Gasteiger partial charge in [-0.3, -0.25) is 0 Å². The van der Waals surface area contributed by atoms with Gasteiger partial charge in [0.25, 0.3) is 0 Å². The highest BCUT2D eigenvalue weighted by Gasteiger charge is 2.43. The van der Waals surface area contributed by atoms with Gasteiger partial charge in [0.2, 0.25) is 6.04 Å². The van der Waals surface area contributed by atoms with E-state index in [0.717, 1.165) is 45.2 Å². The van der Waals surface area contributed by atoms with E-state index < -0.39 is 6.04 Å². The SMILES string of the molecule is O=C1C(Cc2ccc(O)c(OCc3ccccc3)c2)[NH+]=C(OCc2ccccc2)N1CCc1ccc(OCc2ccccc2)c(OCc2ccccc2)c1.O=C=COCc1ccccc1. The fourth-order valence-electron chi connectivity index (χ4n) is 6.94. The van der Waals surface area contributed by atoms with E-state index in [2.05, 4.69) is 4.99 Å². The first-order valence-electron chi connectivity index (χ1n) is 21.4. The average Bonchev–Trinajstić information content (AvgIpc) is 3.65. The maximum atomic E-state index is 14.1. The minimum atomic E-state index is -0.569. The molecule has 1 amide bonds. The lowest BCUT2D eigenvalue weighted by atomic mass is 10.0. The molecule has 7 aromatic carbocycles. The number of ether oxygens (including phenoxy) is 5. The molecule has 8 rings (SSSR count). The van der Waals surface area contributed by atoms with E-state index in [1.165, 1.54) is 0 Å². The van der Waals surface area contributed by atoms with Gasteiger partial charge in [-0.25, -0.2) is 14.6 Å². The number of carbonyl (C=O) groups excluding carboxylic acids is 2. The largest absolute Gasteiger partial charge is 0.504 e. The Labute approximate surface area is 379 Å². The Morgan fingerprint density at radius 2 is 0.954 bits per heavy atom. The van der Waals surface area contributed by atoms with Crippen LogP contribution < -0.4 is 19.2 Å². The number of rotatable bonds is 19. The van der Waals surface area contributed by atoms with Crippen LogP contribution in [0.4, 0.5) is 0 Å². The lowest BCUT2D eigenvalue weighted by Crippen LogP contribution is -2.78. The normalized spacial score (nSPS) is 12.8. The zero-order valence-electron chi connectivity index (χ0n) is 36.0. The minimum Gasteiger partial charge on any atom is -0.504 e. The second-order valence-corrected chi connectivity index (χ2v) is 15.2. The van der Waals surface area contributed by atoms with Crippen LogP contribution >= 0.6 is 0 Å². The topological polar surface area (TPSA) is 118 Å². The fraction of sp³-hybridized carbons (Fsp3) is 0.164. The Morgan fingerprint density at radius 3 is 1.48 bits per heavy atom. The predicted octanol–water partition coefficient (Wildman–Crippen LogP) is 8.33.